The van der Waals surface area contributed by atoms with Gasteiger partial charge in [-0.2, -0.15) is 0 Å². The molecule has 8 nitrogen and oxygen atoms in total. The van der Waals surface area contributed by atoms with Crippen molar-refractivity contribution in [3.63, 3.8) is 0 Å². The third kappa shape index (κ3) is 5.03. The van der Waals surface area contributed by atoms with Crippen molar-refractivity contribution in [3.05, 3.63) is 65.4 Å². The lowest BCUT2D eigenvalue weighted by Gasteiger charge is -2.15. The molecular weight excluding hydrogens is 412 g/mol. The quantitative estimate of drug-likeness (QED) is 0.426. The molecule has 32 heavy (non-hydrogen) atoms. The molecule has 3 rings (SSSR count). The fourth-order valence-electron chi connectivity index (χ4n) is 3.05. The van der Waals surface area contributed by atoms with Crippen LogP contribution in [0.3, 0.4) is 0 Å². The number of anilines is 2. The van der Waals surface area contributed by atoms with Crippen LogP contribution in [0.1, 0.15) is 51.8 Å². The normalized spacial score (nSPS) is 10.7. The highest BCUT2D eigenvalue weighted by Gasteiger charge is 2.19. The van der Waals surface area contributed by atoms with E-state index in [1.54, 1.807) is 63.2 Å². The first-order valence-corrected chi connectivity index (χ1v) is 10.1. The van der Waals surface area contributed by atoms with Gasteiger partial charge in [0.15, 0.2) is 0 Å². The van der Waals surface area contributed by atoms with E-state index in [-0.39, 0.29) is 18.3 Å². The summed E-state index contributed by atoms with van der Waals surface area (Å²) in [5, 5.41) is 3.74. The molecule has 1 heterocycles. The Kier molecular flexibility index (Phi) is 7.04. The maximum atomic E-state index is 12.6. The molecule has 0 aliphatic heterocycles. The Morgan fingerprint density at radius 1 is 0.969 bits per heavy atom. The smallest absolute Gasteiger partial charge is 0.341 e. The second kappa shape index (κ2) is 9.91. The Hall–Kier alpha value is -3.94. The Labute approximate surface area is 185 Å². The Bertz CT molecular complexity index is 1160. The van der Waals surface area contributed by atoms with Crippen molar-refractivity contribution >= 4 is 40.2 Å². The van der Waals surface area contributed by atoms with E-state index in [4.69, 9.17) is 14.2 Å². The van der Waals surface area contributed by atoms with E-state index < -0.39 is 17.9 Å². The van der Waals surface area contributed by atoms with Gasteiger partial charge in [0.2, 0.25) is 0 Å². The third-order valence-corrected chi connectivity index (χ3v) is 4.52. The van der Waals surface area contributed by atoms with Crippen molar-refractivity contribution < 1.29 is 28.6 Å². The van der Waals surface area contributed by atoms with E-state index in [0.29, 0.717) is 33.4 Å². The minimum Gasteiger partial charge on any atom is -0.465 e. The lowest BCUT2D eigenvalue weighted by molar-refractivity contribution is 0.0377. The maximum Gasteiger partial charge on any atom is 0.341 e. The first kappa shape index (κ1) is 22.7. The van der Waals surface area contributed by atoms with E-state index >= 15 is 0 Å². The van der Waals surface area contributed by atoms with Crippen molar-refractivity contribution in [1.29, 1.82) is 0 Å². The number of aromatic nitrogens is 1. The summed E-state index contributed by atoms with van der Waals surface area (Å²) in [6.45, 7) is 5.47. The summed E-state index contributed by atoms with van der Waals surface area (Å²) in [5.74, 6) is -1.48. The summed E-state index contributed by atoms with van der Waals surface area (Å²) in [7, 11) is 1.30. The number of nitrogens with one attached hydrogen (secondary N) is 1. The van der Waals surface area contributed by atoms with E-state index in [1.807, 2.05) is 0 Å². The van der Waals surface area contributed by atoms with Crippen molar-refractivity contribution in [3.8, 4) is 0 Å². The first-order valence-electron chi connectivity index (χ1n) is 10.1. The number of ether oxygens (including phenoxy) is 3. The van der Waals surface area contributed by atoms with Crippen molar-refractivity contribution in [1.82, 2.24) is 4.98 Å². The van der Waals surface area contributed by atoms with Crippen LogP contribution in [0.15, 0.2) is 48.7 Å². The van der Waals surface area contributed by atoms with E-state index in [9.17, 15) is 14.4 Å². The molecule has 0 amide bonds. The molecule has 8 heteroatoms. The Balaban J connectivity index is 2.05. The molecule has 0 fully saturated rings. The molecule has 2 aromatic carbocycles. The van der Waals surface area contributed by atoms with Crippen LogP contribution in [0.4, 0.5) is 11.4 Å². The number of esters is 3. The minimum atomic E-state index is -0.551. The van der Waals surface area contributed by atoms with Gasteiger partial charge in [-0.3, -0.25) is 4.98 Å². The Morgan fingerprint density at radius 3 is 2.28 bits per heavy atom. The monoisotopic (exact) mass is 436 g/mol. The predicted octanol–water partition coefficient (Wildman–Crippen LogP) is 4.51. The molecule has 0 aliphatic rings. The molecule has 0 saturated heterocycles. The molecule has 0 saturated carbocycles. The number of carbonyl (C=O) groups excluding carboxylic acids is 3. The van der Waals surface area contributed by atoms with Crippen LogP contribution in [0.2, 0.25) is 0 Å². The number of fused-ring (bicyclic) bond motifs is 1. The fraction of sp³-hybridized carbons (Fsp3) is 0.250. The van der Waals surface area contributed by atoms with Crippen LogP contribution in [0, 0.1) is 0 Å². The standard InChI is InChI=1S/C24H24N2O6/c1-5-31-24(29)19-13-25-20-11-8-16(22(27)30-4)12-18(20)21(19)26-17-9-6-15(7-10-17)23(28)32-14(2)3/h6-14H,5H2,1-4H3,(H,25,26). The molecule has 3 aromatic rings. The lowest BCUT2D eigenvalue weighted by Crippen LogP contribution is -2.12. The van der Waals surface area contributed by atoms with Crippen LogP contribution >= 0.6 is 0 Å². The van der Waals surface area contributed by atoms with Gasteiger partial charge in [0.05, 0.1) is 42.2 Å². The summed E-state index contributed by atoms with van der Waals surface area (Å²) in [4.78, 5) is 41.0. The van der Waals surface area contributed by atoms with Gasteiger partial charge in [-0.25, -0.2) is 14.4 Å². The van der Waals surface area contributed by atoms with Gasteiger partial charge in [0.25, 0.3) is 0 Å². The van der Waals surface area contributed by atoms with Gasteiger partial charge in [-0.15, -0.1) is 0 Å². The molecule has 0 bridgehead atoms. The van der Waals surface area contributed by atoms with Crippen LogP contribution in [-0.4, -0.2) is 42.7 Å². The second-order valence-electron chi connectivity index (χ2n) is 7.15. The van der Waals surface area contributed by atoms with Gasteiger partial charge in [0.1, 0.15) is 5.56 Å². The molecule has 0 atom stereocenters. The zero-order chi connectivity index (χ0) is 23.3. The molecule has 1 N–H and O–H groups in total. The summed E-state index contributed by atoms with van der Waals surface area (Å²) in [6.07, 6.45) is 1.20. The number of rotatable bonds is 7. The number of pyridine rings is 1. The lowest BCUT2D eigenvalue weighted by atomic mass is 10.1. The molecule has 0 radical (unpaired) electrons. The number of methoxy groups -OCH3 is 1. The van der Waals surface area contributed by atoms with Crippen LogP contribution < -0.4 is 5.32 Å². The highest BCUT2D eigenvalue weighted by Crippen LogP contribution is 2.31. The van der Waals surface area contributed by atoms with Crippen molar-refractivity contribution in [2.75, 3.05) is 19.0 Å². The van der Waals surface area contributed by atoms with E-state index in [2.05, 4.69) is 10.3 Å². The zero-order valence-corrected chi connectivity index (χ0v) is 18.3. The summed E-state index contributed by atoms with van der Waals surface area (Å²) >= 11 is 0. The number of benzene rings is 2. The van der Waals surface area contributed by atoms with Gasteiger partial charge in [0, 0.05) is 17.3 Å². The number of hydrogen-bond donors (Lipinski definition) is 1. The molecule has 0 spiro atoms. The molecule has 1 aromatic heterocycles. The molecule has 0 unspecified atom stereocenters. The zero-order valence-electron chi connectivity index (χ0n) is 18.3. The number of nitrogens with zero attached hydrogens (tertiary/aromatic N) is 1. The highest BCUT2D eigenvalue weighted by molar-refractivity contribution is 6.07. The van der Waals surface area contributed by atoms with Crippen molar-refractivity contribution in [2.45, 2.75) is 26.9 Å². The van der Waals surface area contributed by atoms with E-state index in [1.165, 1.54) is 13.3 Å². The predicted molar refractivity (Wildman–Crippen MR) is 119 cm³/mol. The minimum absolute atomic E-state index is 0.200. The van der Waals surface area contributed by atoms with Crippen LogP contribution in [0.25, 0.3) is 10.9 Å². The van der Waals surface area contributed by atoms with E-state index in [0.717, 1.165) is 0 Å². The Morgan fingerprint density at radius 2 is 1.66 bits per heavy atom. The summed E-state index contributed by atoms with van der Waals surface area (Å²) in [5.41, 5.74) is 2.55. The van der Waals surface area contributed by atoms with Gasteiger partial charge in [-0.1, -0.05) is 0 Å². The summed E-state index contributed by atoms with van der Waals surface area (Å²) in [6, 6.07) is 11.5. The third-order valence-electron chi connectivity index (χ3n) is 4.52. The molecule has 0 aliphatic carbocycles. The second-order valence-corrected chi connectivity index (χ2v) is 7.15. The SMILES string of the molecule is CCOC(=O)c1cnc2ccc(C(=O)OC)cc2c1Nc1ccc(C(=O)OC(C)C)cc1. The average Bonchev–Trinajstić information content (AvgIpc) is 2.78. The largest absolute Gasteiger partial charge is 0.465 e. The topological polar surface area (TPSA) is 104 Å². The first-order chi connectivity index (χ1) is 15.3. The highest BCUT2D eigenvalue weighted by atomic mass is 16.5. The van der Waals surface area contributed by atoms with Crippen molar-refractivity contribution in [2.24, 2.45) is 0 Å². The fourth-order valence-corrected chi connectivity index (χ4v) is 3.05. The number of hydrogen-bond acceptors (Lipinski definition) is 8. The van der Waals surface area contributed by atoms with Crippen LogP contribution in [0.5, 0.6) is 0 Å². The van der Waals surface area contributed by atoms with Gasteiger partial charge < -0.3 is 19.5 Å². The average molecular weight is 436 g/mol. The molecular formula is C24H24N2O6. The molecule has 166 valence electrons. The summed E-state index contributed by atoms with van der Waals surface area (Å²) < 4.78 is 15.2. The maximum absolute atomic E-state index is 12.6. The van der Waals surface area contributed by atoms with Crippen LogP contribution in [-0.2, 0) is 14.2 Å². The van der Waals surface area contributed by atoms with Gasteiger partial charge >= 0.3 is 17.9 Å². The van der Waals surface area contributed by atoms with Gasteiger partial charge in [-0.05, 0) is 63.2 Å². The number of carbonyl (C=O) groups is 3.